The minimum absolute atomic E-state index is 0.0159. The van der Waals surface area contributed by atoms with Gasteiger partial charge in [-0.05, 0) is 32.8 Å². The van der Waals surface area contributed by atoms with Gasteiger partial charge in [0.15, 0.2) is 0 Å². The molecular weight excluding hydrogens is 320 g/mol. The van der Waals surface area contributed by atoms with E-state index in [1.54, 1.807) is 25.0 Å². The second kappa shape index (κ2) is 9.61. The lowest BCUT2D eigenvalue weighted by Crippen LogP contribution is -2.40. The molecule has 0 saturated heterocycles. The van der Waals surface area contributed by atoms with Crippen LogP contribution < -0.4 is 5.32 Å². The van der Waals surface area contributed by atoms with Gasteiger partial charge in [0.25, 0.3) is 5.91 Å². The van der Waals surface area contributed by atoms with Crippen molar-refractivity contribution in [2.75, 3.05) is 26.8 Å². The Hall–Kier alpha value is -1.82. The average molecular weight is 350 g/mol. The van der Waals surface area contributed by atoms with Crippen LogP contribution in [-0.4, -0.2) is 49.6 Å². The highest BCUT2D eigenvalue weighted by Gasteiger charge is 2.22. The van der Waals surface area contributed by atoms with Crippen LogP contribution in [-0.2, 0) is 9.53 Å². The topological polar surface area (TPSA) is 71.8 Å². The molecule has 1 aromatic rings. The molecule has 140 valence electrons. The molecule has 25 heavy (non-hydrogen) atoms. The molecule has 0 aliphatic heterocycles. The second-order valence-electron chi connectivity index (χ2n) is 6.76. The van der Waals surface area contributed by atoms with E-state index in [1.807, 2.05) is 6.92 Å². The van der Waals surface area contributed by atoms with Crippen molar-refractivity contribution in [1.82, 2.24) is 10.2 Å². The fraction of sp³-hybridized carbons (Fsp3) is 0.684. The number of amides is 2. The highest BCUT2D eigenvalue weighted by atomic mass is 16.5. The van der Waals surface area contributed by atoms with Crippen LogP contribution in [0.25, 0.3) is 0 Å². The van der Waals surface area contributed by atoms with E-state index in [9.17, 15) is 9.59 Å². The molecule has 1 aliphatic rings. The van der Waals surface area contributed by atoms with Gasteiger partial charge in [-0.15, -0.1) is 0 Å². The molecule has 2 rings (SSSR count). The van der Waals surface area contributed by atoms with Gasteiger partial charge >= 0.3 is 0 Å². The third-order valence-corrected chi connectivity index (χ3v) is 4.70. The number of furan rings is 1. The zero-order chi connectivity index (χ0) is 18.2. The maximum atomic E-state index is 12.8. The molecule has 0 spiro atoms. The number of nitrogens with one attached hydrogen (secondary N) is 1. The molecular formula is C19H30N2O4. The van der Waals surface area contributed by atoms with Gasteiger partial charge < -0.3 is 19.4 Å². The molecule has 6 heteroatoms. The molecule has 0 aromatic carbocycles. The van der Waals surface area contributed by atoms with Crippen LogP contribution in [0.1, 0.15) is 60.4 Å². The van der Waals surface area contributed by atoms with Crippen molar-refractivity contribution < 1.29 is 18.7 Å². The van der Waals surface area contributed by atoms with Crippen LogP contribution in [0, 0.1) is 13.8 Å². The molecule has 0 atom stereocenters. The number of ether oxygens (including phenoxy) is 1. The molecule has 1 saturated carbocycles. The van der Waals surface area contributed by atoms with Gasteiger partial charge in [-0.25, -0.2) is 0 Å². The summed E-state index contributed by atoms with van der Waals surface area (Å²) >= 11 is 0. The lowest BCUT2D eigenvalue weighted by molar-refractivity contribution is -0.122. The maximum Gasteiger partial charge on any atom is 0.257 e. The summed E-state index contributed by atoms with van der Waals surface area (Å²) in [6.07, 6.45) is 6.05. The number of carbonyl (C=O) groups is 2. The van der Waals surface area contributed by atoms with Crippen molar-refractivity contribution in [3.8, 4) is 0 Å². The van der Waals surface area contributed by atoms with Crippen molar-refractivity contribution in [1.29, 1.82) is 0 Å². The summed E-state index contributed by atoms with van der Waals surface area (Å²) in [6.45, 7) is 4.87. The van der Waals surface area contributed by atoms with Crippen LogP contribution in [0.2, 0.25) is 0 Å². The maximum absolute atomic E-state index is 12.8. The first-order valence-electron chi connectivity index (χ1n) is 9.16. The summed E-state index contributed by atoms with van der Waals surface area (Å²) in [5.74, 6) is 1.22. The van der Waals surface area contributed by atoms with Crippen molar-refractivity contribution >= 4 is 11.8 Å². The highest BCUT2D eigenvalue weighted by molar-refractivity contribution is 5.95. The van der Waals surface area contributed by atoms with E-state index in [2.05, 4.69) is 5.32 Å². The van der Waals surface area contributed by atoms with Crippen LogP contribution in [0.5, 0.6) is 0 Å². The Bertz CT molecular complexity index is 576. The predicted molar refractivity (Wildman–Crippen MR) is 95.6 cm³/mol. The standard InChI is InChI=1S/C19H30N2O4/c1-14-13-17(15(2)25-14)19(23)21(11-12-24-3)10-9-18(22)20-16-7-5-4-6-8-16/h13,16H,4-12H2,1-3H3,(H,20,22). The summed E-state index contributed by atoms with van der Waals surface area (Å²) in [5, 5.41) is 3.10. The van der Waals surface area contributed by atoms with Gasteiger partial charge in [0.1, 0.15) is 11.5 Å². The van der Waals surface area contributed by atoms with Crippen molar-refractivity contribution in [3.63, 3.8) is 0 Å². The van der Waals surface area contributed by atoms with E-state index in [-0.39, 0.29) is 11.8 Å². The number of rotatable bonds is 8. The van der Waals surface area contributed by atoms with Crippen LogP contribution in [0.4, 0.5) is 0 Å². The monoisotopic (exact) mass is 350 g/mol. The Morgan fingerprint density at radius 1 is 1.24 bits per heavy atom. The SMILES string of the molecule is COCCN(CCC(=O)NC1CCCCC1)C(=O)c1cc(C)oc1C. The third-order valence-electron chi connectivity index (χ3n) is 4.70. The average Bonchev–Trinajstić information content (AvgIpc) is 2.93. The highest BCUT2D eigenvalue weighted by Crippen LogP contribution is 2.18. The van der Waals surface area contributed by atoms with E-state index in [0.717, 1.165) is 12.8 Å². The van der Waals surface area contributed by atoms with Gasteiger partial charge in [-0.2, -0.15) is 0 Å². The summed E-state index contributed by atoms with van der Waals surface area (Å²) in [5.41, 5.74) is 0.557. The third kappa shape index (κ3) is 5.88. The molecule has 6 nitrogen and oxygen atoms in total. The first kappa shape index (κ1) is 19.5. The van der Waals surface area contributed by atoms with Gasteiger partial charge in [0.2, 0.25) is 5.91 Å². The summed E-state index contributed by atoms with van der Waals surface area (Å²) < 4.78 is 10.6. The first-order valence-corrected chi connectivity index (χ1v) is 9.16. The summed E-state index contributed by atoms with van der Waals surface area (Å²) in [7, 11) is 1.60. The molecule has 0 radical (unpaired) electrons. The van der Waals surface area contributed by atoms with E-state index in [4.69, 9.17) is 9.15 Å². The van der Waals surface area contributed by atoms with E-state index < -0.39 is 0 Å². The lowest BCUT2D eigenvalue weighted by atomic mass is 9.95. The Morgan fingerprint density at radius 3 is 2.56 bits per heavy atom. The van der Waals surface area contributed by atoms with Gasteiger partial charge in [0, 0.05) is 32.7 Å². The normalized spacial score (nSPS) is 15.2. The number of carbonyl (C=O) groups excluding carboxylic acids is 2. The number of nitrogens with zero attached hydrogens (tertiary/aromatic N) is 1. The molecule has 2 amide bonds. The summed E-state index contributed by atoms with van der Waals surface area (Å²) in [4.78, 5) is 26.7. The molecule has 1 aliphatic carbocycles. The Balaban J connectivity index is 1.91. The minimum atomic E-state index is -0.114. The Morgan fingerprint density at radius 2 is 1.96 bits per heavy atom. The van der Waals surface area contributed by atoms with Gasteiger partial charge in [-0.3, -0.25) is 9.59 Å². The predicted octanol–water partition coefficient (Wildman–Crippen LogP) is 2.82. The van der Waals surface area contributed by atoms with E-state index in [0.29, 0.717) is 49.2 Å². The number of aryl methyl sites for hydroxylation is 2. The molecule has 1 aromatic heterocycles. The van der Waals surface area contributed by atoms with Crippen molar-refractivity contribution in [3.05, 3.63) is 23.2 Å². The van der Waals surface area contributed by atoms with Crippen molar-refractivity contribution in [2.45, 2.75) is 58.4 Å². The van der Waals surface area contributed by atoms with Gasteiger partial charge in [-0.1, -0.05) is 19.3 Å². The fourth-order valence-corrected chi connectivity index (χ4v) is 3.31. The van der Waals surface area contributed by atoms with E-state index >= 15 is 0 Å². The smallest absolute Gasteiger partial charge is 0.257 e. The largest absolute Gasteiger partial charge is 0.466 e. The number of hydrogen-bond acceptors (Lipinski definition) is 4. The molecule has 0 bridgehead atoms. The number of hydrogen-bond donors (Lipinski definition) is 1. The first-order chi connectivity index (χ1) is 12.0. The van der Waals surface area contributed by atoms with E-state index in [1.165, 1.54) is 19.3 Å². The zero-order valence-electron chi connectivity index (χ0n) is 15.6. The molecule has 0 unspecified atom stereocenters. The van der Waals surface area contributed by atoms with Gasteiger partial charge in [0.05, 0.1) is 12.2 Å². The number of methoxy groups -OCH3 is 1. The molecule has 1 N–H and O–H groups in total. The fourth-order valence-electron chi connectivity index (χ4n) is 3.31. The van der Waals surface area contributed by atoms with Crippen molar-refractivity contribution in [2.24, 2.45) is 0 Å². The van der Waals surface area contributed by atoms with Crippen LogP contribution >= 0.6 is 0 Å². The Kier molecular flexibility index (Phi) is 7.50. The second-order valence-corrected chi connectivity index (χ2v) is 6.76. The minimum Gasteiger partial charge on any atom is -0.466 e. The lowest BCUT2D eigenvalue weighted by Gasteiger charge is -2.25. The quantitative estimate of drug-likeness (QED) is 0.782. The summed E-state index contributed by atoms with van der Waals surface area (Å²) in [6, 6.07) is 2.04. The molecule has 1 fully saturated rings. The van der Waals surface area contributed by atoms with Crippen LogP contribution in [0.15, 0.2) is 10.5 Å². The zero-order valence-corrected chi connectivity index (χ0v) is 15.6. The molecule has 1 heterocycles. The Labute approximate surface area is 149 Å². The van der Waals surface area contributed by atoms with Crippen LogP contribution in [0.3, 0.4) is 0 Å².